The molecule has 2 aromatic rings. The lowest BCUT2D eigenvalue weighted by Gasteiger charge is -2.20. The van der Waals surface area contributed by atoms with Gasteiger partial charge in [0.05, 0.1) is 12.1 Å². The summed E-state index contributed by atoms with van der Waals surface area (Å²) >= 11 is 0. The van der Waals surface area contributed by atoms with Crippen molar-refractivity contribution < 1.29 is 9.13 Å². The highest BCUT2D eigenvalue weighted by molar-refractivity contribution is 5.40. The van der Waals surface area contributed by atoms with Crippen LogP contribution >= 0.6 is 0 Å². The van der Waals surface area contributed by atoms with E-state index in [-0.39, 0.29) is 18.0 Å². The van der Waals surface area contributed by atoms with Crippen LogP contribution in [0.4, 0.5) is 4.39 Å². The van der Waals surface area contributed by atoms with E-state index in [1.807, 2.05) is 52.1 Å². The number of halogens is 1. The van der Waals surface area contributed by atoms with Crippen molar-refractivity contribution in [2.45, 2.75) is 32.9 Å². The third-order valence-corrected chi connectivity index (χ3v) is 3.39. The summed E-state index contributed by atoms with van der Waals surface area (Å²) in [4.78, 5) is 0. The standard InChI is InChI=1S/C18H22FNO/c1-12(2)21-16-7-5-6-14(11-16)18(20-4)17-9-8-15(19)10-13(17)3/h5-12,18,20H,1-4H3. The van der Waals surface area contributed by atoms with E-state index < -0.39 is 0 Å². The van der Waals surface area contributed by atoms with E-state index in [2.05, 4.69) is 11.4 Å². The van der Waals surface area contributed by atoms with E-state index in [0.717, 1.165) is 22.4 Å². The minimum absolute atomic E-state index is 0.0151. The summed E-state index contributed by atoms with van der Waals surface area (Å²) in [5.41, 5.74) is 3.11. The minimum Gasteiger partial charge on any atom is -0.491 e. The zero-order valence-corrected chi connectivity index (χ0v) is 13.0. The first kappa shape index (κ1) is 15.5. The molecule has 3 heteroatoms. The molecule has 0 amide bonds. The molecule has 0 aliphatic heterocycles. The SMILES string of the molecule is CNC(c1cccc(OC(C)C)c1)c1ccc(F)cc1C. The molecule has 2 rings (SSSR count). The van der Waals surface area contributed by atoms with Gasteiger partial charge in [-0.25, -0.2) is 4.39 Å². The van der Waals surface area contributed by atoms with Crippen LogP contribution in [-0.4, -0.2) is 13.2 Å². The average Bonchev–Trinajstić information content (AvgIpc) is 2.41. The molecule has 0 heterocycles. The highest BCUT2D eigenvalue weighted by atomic mass is 19.1. The predicted octanol–water partition coefficient (Wildman–Crippen LogP) is 4.23. The first-order chi connectivity index (χ1) is 10.0. The van der Waals surface area contributed by atoms with Gasteiger partial charge in [-0.2, -0.15) is 0 Å². The van der Waals surface area contributed by atoms with Gasteiger partial charge >= 0.3 is 0 Å². The van der Waals surface area contributed by atoms with E-state index in [9.17, 15) is 4.39 Å². The van der Waals surface area contributed by atoms with Crippen LogP contribution in [0.2, 0.25) is 0 Å². The maximum atomic E-state index is 13.3. The number of benzene rings is 2. The van der Waals surface area contributed by atoms with Gasteiger partial charge in [-0.1, -0.05) is 18.2 Å². The van der Waals surface area contributed by atoms with Crippen molar-refractivity contribution in [1.82, 2.24) is 5.32 Å². The largest absolute Gasteiger partial charge is 0.491 e. The summed E-state index contributed by atoms with van der Waals surface area (Å²) in [5, 5.41) is 3.30. The molecule has 2 nitrogen and oxygen atoms in total. The molecular weight excluding hydrogens is 265 g/mol. The summed E-state index contributed by atoms with van der Waals surface area (Å²) in [6.45, 7) is 5.94. The zero-order valence-electron chi connectivity index (χ0n) is 13.0. The summed E-state index contributed by atoms with van der Waals surface area (Å²) in [6, 6.07) is 12.9. The molecule has 0 spiro atoms. The maximum absolute atomic E-state index is 13.3. The molecule has 21 heavy (non-hydrogen) atoms. The third-order valence-electron chi connectivity index (χ3n) is 3.39. The highest BCUT2D eigenvalue weighted by Gasteiger charge is 2.15. The number of rotatable bonds is 5. The van der Waals surface area contributed by atoms with Crippen molar-refractivity contribution in [2.24, 2.45) is 0 Å². The monoisotopic (exact) mass is 287 g/mol. The fraction of sp³-hybridized carbons (Fsp3) is 0.333. The van der Waals surface area contributed by atoms with Crippen LogP contribution in [0.25, 0.3) is 0 Å². The molecule has 0 aliphatic rings. The van der Waals surface area contributed by atoms with E-state index in [0.29, 0.717) is 0 Å². The van der Waals surface area contributed by atoms with Crippen molar-refractivity contribution in [1.29, 1.82) is 0 Å². The van der Waals surface area contributed by atoms with Crippen molar-refractivity contribution in [2.75, 3.05) is 7.05 Å². The van der Waals surface area contributed by atoms with Crippen molar-refractivity contribution in [3.8, 4) is 5.75 Å². The Morgan fingerprint density at radius 1 is 1.10 bits per heavy atom. The first-order valence-corrected chi connectivity index (χ1v) is 7.21. The van der Waals surface area contributed by atoms with Gasteiger partial charge in [-0.15, -0.1) is 0 Å². The van der Waals surface area contributed by atoms with E-state index in [1.54, 1.807) is 6.07 Å². The van der Waals surface area contributed by atoms with Crippen LogP contribution in [0.1, 0.15) is 36.6 Å². The van der Waals surface area contributed by atoms with Crippen LogP contribution in [0, 0.1) is 12.7 Å². The predicted molar refractivity (Wildman–Crippen MR) is 84.2 cm³/mol. The van der Waals surface area contributed by atoms with Crippen LogP contribution in [0.15, 0.2) is 42.5 Å². The lowest BCUT2D eigenvalue weighted by Crippen LogP contribution is -2.19. The molecular formula is C18H22FNO. The number of nitrogens with one attached hydrogen (secondary N) is 1. The normalized spacial score (nSPS) is 12.5. The average molecular weight is 287 g/mol. The molecule has 2 aromatic carbocycles. The number of aryl methyl sites for hydroxylation is 1. The van der Waals surface area contributed by atoms with Gasteiger partial charge in [0.25, 0.3) is 0 Å². The second kappa shape index (κ2) is 6.72. The summed E-state index contributed by atoms with van der Waals surface area (Å²) < 4.78 is 19.0. The second-order valence-corrected chi connectivity index (χ2v) is 5.46. The first-order valence-electron chi connectivity index (χ1n) is 7.21. The van der Waals surface area contributed by atoms with Gasteiger partial charge in [0.1, 0.15) is 11.6 Å². The Bertz CT molecular complexity index is 610. The Morgan fingerprint density at radius 3 is 2.48 bits per heavy atom. The van der Waals surface area contributed by atoms with Crippen LogP contribution in [0.3, 0.4) is 0 Å². The van der Waals surface area contributed by atoms with E-state index in [1.165, 1.54) is 6.07 Å². The molecule has 0 aromatic heterocycles. The van der Waals surface area contributed by atoms with Crippen molar-refractivity contribution in [3.63, 3.8) is 0 Å². The van der Waals surface area contributed by atoms with Crippen LogP contribution in [0.5, 0.6) is 5.75 Å². The molecule has 0 saturated heterocycles. The molecule has 0 bridgehead atoms. The fourth-order valence-electron chi connectivity index (χ4n) is 2.50. The van der Waals surface area contributed by atoms with Crippen LogP contribution < -0.4 is 10.1 Å². The topological polar surface area (TPSA) is 21.3 Å². The molecule has 0 saturated carbocycles. The highest BCUT2D eigenvalue weighted by Crippen LogP contribution is 2.27. The van der Waals surface area contributed by atoms with Gasteiger partial charge in [-0.05, 0) is 68.8 Å². The number of ether oxygens (including phenoxy) is 1. The molecule has 1 atom stereocenters. The Hall–Kier alpha value is -1.87. The number of hydrogen-bond acceptors (Lipinski definition) is 2. The van der Waals surface area contributed by atoms with Crippen LogP contribution in [-0.2, 0) is 0 Å². The Morgan fingerprint density at radius 2 is 1.86 bits per heavy atom. The van der Waals surface area contributed by atoms with Gasteiger partial charge in [0, 0.05) is 0 Å². The van der Waals surface area contributed by atoms with Gasteiger partial charge < -0.3 is 10.1 Å². The molecule has 1 unspecified atom stereocenters. The Labute approximate surface area is 126 Å². The van der Waals surface area contributed by atoms with E-state index in [4.69, 9.17) is 4.74 Å². The fourth-order valence-corrected chi connectivity index (χ4v) is 2.50. The smallest absolute Gasteiger partial charge is 0.123 e. The second-order valence-electron chi connectivity index (χ2n) is 5.46. The van der Waals surface area contributed by atoms with Gasteiger partial charge in [0.15, 0.2) is 0 Å². The Kier molecular flexibility index (Phi) is 4.97. The van der Waals surface area contributed by atoms with Crippen molar-refractivity contribution in [3.05, 3.63) is 65.0 Å². The number of hydrogen-bond donors (Lipinski definition) is 1. The molecule has 0 radical (unpaired) electrons. The molecule has 112 valence electrons. The summed E-state index contributed by atoms with van der Waals surface area (Å²) in [6.07, 6.45) is 0.140. The summed E-state index contributed by atoms with van der Waals surface area (Å²) in [7, 11) is 1.91. The van der Waals surface area contributed by atoms with Gasteiger partial charge in [-0.3, -0.25) is 0 Å². The minimum atomic E-state index is -0.206. The lowest BCUT2D eigenvalue weighted by molar-refractivity contribution is 0.242. The molecule has 1 N–H and O–H groups in total. The third kappa shape index (κ3) is 3.82. The van der Waals surface area contributed by atoms with E-state index >= 15 is 0 Å². The maximum Gasteiger partial charge on any atom is 0.123 e. The summed E-state index contributed by atoms with van der Waals surface area (Å²) in [5.74, 6) is 0.644. The Balaban J connectivity index is 2.37. The zero-order chi connectivity index (χ0) is 15.4. The van der Waals surface area contributed by atoms with Gasteiger partial charge in [0.2, 0.25) is 0 Å². The quantitative estimate of drug-likeness (QED) is 0.888. The molecule has 0 fully saturated rings. The van der Waals surface area contributed by atoms with Crippen molar-refractivity contribution >= 4 is 0 Å². The molecule has 0 aliphatic carbocycles. The lowest BCUT2D eigenvalue weighted by atomic mass is 9.95.